The Bertz CT molecular complexity index is 1030. The molecular formula is C18H14ClF3N4OS2. The number of anilines is 2. The van der Waals surface area contributed by atoms with Crippen LogP contribution in [0.2, 0.25) is 5.02 Å². The normalized spacial score (nSPS) is 11.3. The molecule has 29 heavy (non-hydrogen) atoms. The lowest BCUT2D eigenvalue weighted by Gasteiger charge is -2.11. The number of nitrogens with one attached hydrogen (secondary N) is 2. The summed E-state index contributed by atoms with van der Waals surface area (Å²) in [6.07, 6.45) is -4.62. The fourth-order valence-electron chi connectivity index (χ4n) is 2.35. The maximum atomic E-state index is 12.9. The summed E-state index contributed by atoms with van der Waals surface area (Å²) in [5.41, 5.74) is 1.23. The molecule has 0 fully saturated rings. The Kier molecular flexibility index (Phi) is 6.66. The highest BCUT2D eigenvalue weighted by molar-refractivity contribution is 8.00. The van der Waals surface area contributed by atoms with Crippen LogP contribution in [0.3, 0.4) is 0 Å². The van der Waals surface area contributed by atoms with Crippen molar-refractivity contribution in [3.63, 3.8) is 0 Å². The molecule has 0 bridgehead atoms. The van der Waals surface area contributed by atoms with E-state index in [1.165, 1.54) is 29.2 Å². The molecule has 0 aliphatic carbocycles. The standard InChI is InChI=1S/C18H14ClF3N4OS2/c1-10-3-2-4-11(7-10)9-28-17-26-25-16(29-17)24-15(27)23-12-5-6-14(19)13(8-12)18(20,21)22/h2-8H,9H2,1H3,(H2,23,24,25,27). The van der Waals surface area contributed by atoms with Crippen molar-refractivity contribution in [1.82, 2.24) is 10.2 Å². The average Bonchev–Trinajstić information content (AvgIpc) is 3.08. The second kappa shape index (κ2) is 9.02. The van der Waals surface area contributed by atoms with Crippen molar-refractivity contribution in [2.24, 2.45) is 0 Å². The van der Waals surface area contributed by atoms with E-state index in [2.05, 4.69) is 26.9 Å². The number of hydrogen-bond acceptors (Lipinski definition) is 5. The Hall–Kier alpha value is -2.30. The number of urea groups is 1. The van der Waals surface area contributed by atoms with Gasteiger partial charge in [0.25, 0.3) is 0 Å². The van der Waals surface area contributed by atoms with E-state index in [4.69, 9.17) is 11.6 Å². The third kappa shape index (κ3) is 6.09. The van der Waals surface area contributed by atoms with Gasteiger partial charge in [-0.15, -0.1) is 10.2 Å². The number of thioether (sulfide) groups is 1. The first kappa shape index (κ1) is 21.4. The Morgan fingerprint density at radius 2 is 1.97 bits per heavy atom. The summed E-state index contributed by atoms with van der Waals surface area (Å²) >= 11 is 8.21. The van der Waals surface area contributed by atoms with E-state index in [-0.39, 0.29) is 10.8 Å². The molecule has 0 atom stereocenters. The van der Waals surface area contributed by atoms with E-state index < -0.39 is 22.8 Å². The zero-order chi connectivity index (χ0) is 21.0. The van der Waals surface area contributed by atoms with Crippen LogP contribution in [0.5, 0.6) is 0 Å². The molecule has 5 nitrogen and oxygen atoms in total. The molecule has 0 spiro atoms. The van der Waals surface area contributed by atoms with Gasteiger partial charge in [0.15, 0.2) is 4.34 Å². The third-order valence-corrected chi connectivity index (χ3v) is 5.97. The maximum absolute atomic E-state index is 12.9. The second-order valence-electron chi connectivity index (χ2n) is 5.92. The molecule has 1 heterocycles. The molecule has 0 saturated heterocycles. The van der Waals surface area contributed by atoms with Gasteiger partial charge in [-0.05, 0) is 30.7 Å². The fraction of sp³-hybridized carbons (Fsp3) is 0.167. The largest absolute Gasteiger partial charge is 0.417 e. The molecule has 0 aliphatic rings. The predicted octanol–water partition coefficient (Wildman–Crippen LogP) is 6.46. The van der Waals surface area contributed by atoms with Crippen LogP contribution in [0, 0.1) is 6.92 Å². The van der Waals surface area contributed by atoms with Crippen molar-refractivity contribution in [2.45, 2.75) is 23.2 Å². The topological polar surface area (TPSA) is 66.9 Å². The number of carbonyl (C=O) groups is 1. The zero-order valence-electron chi connectivity index (χ0n) is 14.9. The summed E-state index contributed by atoms with van der Waals surface area (Å²) < 4.78 is 39.4. The minimum absolute atomic E-state index is 0.0437. The van der Waals surface area contributed by atoms with Crippen LogP contribution < -0.4 is 10.6 Å². The lowest BCUT2D eigenvalue weighted by Crippen LogP contribution is -2.19. The number of hydrogen-bond donors (Lipinski definition) is 2. The molecule has 3 rings (SSSR count). The lowest BCUT2D eigenvalue weighted by atomic mass is 10.2. The summed E-state index contributed by atoms with van der Waals surface area (Å²) in [6.45, 7) is 2.01. The average molecular weight is 459 g/mol. The fourth-order valence-corrected chi connectivity index (χ4v) is 4.26. The summed E-state index contributed by atoms with van der Waals surface area (Å²) in [5, 5.41) is 12.4. The van der Waals surface area contributed by atoms with Crippen LogP contribution >= 0.6 is 34.7 Å². The van der Waals surface area contributed by atoms with E-state index in [0.29, 0.717) is 10.1 Å². The van der Waals surface area contributed by atoms with Gasteiger partial charge in [0.05, 0.1) is 10.6 Å². The van der Waals surface area contributed by atoms with Gasteiger partial charge in [0, 0.05) is 11.4 Å². The van der Waals surface area contributed by atoms with Crippen LogP contribution in [0.1, 0.15) is 16.7 Å². The number of amides is 2. The minimum atomic E-state index is -4.62. The highest BCUT2D eigenvalue weighted by Crippen LogP contribution is 2.36. The van der Waals surface area contributed by atoms with Crippen LogP contribution in [-0.4, -0.2) is 16.2 Å². The van der Waals surface area contributed by atoms with Crippen LogP contribution in [0.25, 0.3) is 0 Å². The van der Waals surface area contributed by atoms with Gasteiger partial charge < -0.3 is 5.32 Å². The molecule has 3 aromatic rings. The zero-order valence-corrected chi connectivity index (χ0v) is 17.3. The van der Waals surface area contributed by atoms with Crippen LogP contribution in [-0.2, 0) is 11.9 Å². The molecule has 0 saturated carbocycles. The number of rotatable bonds is 5. The molecule has 0 radical (unpaired) electrons. The van der Waals surface area contributed by atoms with Crippen molar-refractivity contribution in [3.8, 4) is 0 Å². The summed E-state index contributed by atoms with van der Waals surface area (Å²) in [7, 11) is 0. The van der Waals surface area contributed by atoms with E-state index in [9.17, 15) is 18.0 Å². The van der Waals surface area contributed by atoms with Crippen LogP contribution in [0.4, 0.5) is 28.8 Å². The SMILES string of the molecule is Cc1cccc(CSc2nnc(NC(=O)Nc3ccc(Cl)c(C(F)(F)F)c3)s2)c1. The number of carbonyl (C=O) groups excluding carboxylic acids is 1. The van der Waals surface area contributed by atoms with Crippen LogP contribution in [0.15, 0.2) is 46.8 Å². The van der Waals surface area contributed by atoms with Gasteiger partial charge in [-0.1, -0.05) is 64.5 Å². The second-order valence-corrected chi connectivity index (χ2v) is 8.53. The van der Waals surface area contributed by atoms with E-state index in [1.807, 2.05) is 25.1 Å². The first-order valence-electron chi connectivity index (χ1n) is 8.17. The Morgan fingerprint density at radius 1 is 1.17 bits per heavy atom. The van der Waals surface area contributed by atoms with Gasteiger partial charge in [-0.25, -0.2) is 4.79 Å². The van der Waals surface area contributed by atoms with E-state index in [0.717, 1.165) is 23.3 Å². The quantitative estimate of drug-likeness (QED) is 0.340. The molecule has 0 unspecified atom stereocenters. The maximum Gasteiger partial charge on any atom is 0.417 e. The van der Waals surface area contributed by atoms with Gasteiger partial charge in [0.2, 0.25) is 5.13 Å². The van der Waals surface area contributed by atoms with Crippen molar-refractivity contribution < 1.29 is 18.0 Å². The first-order chi connectivity index (χ1) is 13.7. The molecule has 1 aromatic heterocycles. The van der Waals surface area contributed by atoms with Crippen molar-refractivity contribution >= 4 is 51.5 Å². The van der Waals surface area contributed by atoms with Gasteiger partial charge in [-0.2, -0.15) is 13.2 Å². The number of aromatic nitrogens is 2. The number of nitrogens with zero attached hydrogens (tertiary/aromatic N) is 2. The number of aryl methyl sites for hydroxylation is 1. The minimum Gasteiger partial charge on any atom is -0.308 e. The summed E-state index contributed by atoms with van der Waals surface area (Å²) in [4.78, 5) is 12.0. The Labute approximate surface area is 177 Å². The highest BCUT2D eigenvalue weighted by atomic mass is 35.5. The predicted molar refractivity (Wildman–Crippen MR) is 110 cm³/mol. The van der Waals surface area contributed by atoms with E-state index in [1.54, 1.807) is 0 Å². The smallest absolute Gasteiger partial charge is 0.308 e. The van der Waals surface area contributed by atoms with Gasteiger partial charge >= 0.3 is 12.2 Å². The monoisotopic (exact) mass is 458 g/mol. The lowest BCUT2D eigenvalue weighted by molar-refractivity contribution is -0.137. The Morgan fingerprint density at radius 3 is 2.69 bits per heavy atom. The summed E-state index contributed by atoms with van der Waals surface area (Å²) in [5.74, 6) is 0.702. The van der Waals surface area contributed by atoms with Gasteiger partial charge in [0.1, 0.15) is 0 Å². The molecule has 11 heteroatoms. The first-order valence-corrected chi connectivity index (χ1v) is 10.4. The molecule has 152 valence electrons. The molecule has 0 aliphatic heterocycles. The highest BCUT2D eigenvalue weighted by Gasteiger charge is 2.33. The number of alkyl halides is 3. The number of benzene rings is 2. The van der Waals surface area contributed by atoms with Crippen molar-refractivity contribution in [3.05, 3.63) is 64.2 Å². The van der Waals surface area contributed by atoms with Crippen molar-refractivity contribution in [1.29, 1.82) is 0 Å². The molecular weight excluding hydrogens is 445 g/mol. The van der Waals surface area contributed by atoms with E-state index >= 15 is 0 Å². The molecule has 2 amide bonds. The third-order valence-electron chi connectivity index (χ3n) is 3.60. The summed E-state index contributed by atoms with van der Waals surface area (Å²) in [6, 6.07) is 10.5. The Balaban J connectivity index is 1.58. The van der Waals surface area contributed by atoms with Crippen molar-refractivity contribution in [2.75, 3.05) is 10.6 Å². The molecule has 2 N–H and O–H groups in total. The number of halogens is 4. The molecule has 2 aromatic carbocycles. The van der Waals surface area contributed by atoms with Gasteiger partial charge in [-0.3, -0.25) is 5.32 Å².